The summed E-state index contributed by atoms with van der Waals surface area (Å²) < 4.78 is 0. The van der Waals surface area contributed by atoms with Crippen LogP contribution in [0.3, 0.4) is 0 Å². The van der Waals surface area contributed by atoms with Crippen LogP contribution in [-0.2, 0) is 4.79 Å². The Morgan fingerprint density at radius 3 is 2.57 bits per heavy atom. The van der Waals surface area contributed by atoms with Crippen LogP contribution >= 0.6 is 0 Å². The van der Waals surface area contributed by atoms with Gasteiger partial charge >= 0.3 is 0 Å². The highest BCUT2D eigenvalue weighted by atomic mass is 16.2. The molecule has 114 valence electrons. The van der Waals surface area contributed by atoms with E-state index in [4.69, 9.17) is 5.73 Å². The molecular weight excluding hydrogens is 262 g/mol. The van der Waals surface area contributed by atoms with Crippen molar-refractivity contribution in [2.75, 3.05) is 0 Å². The van der Waals surface area contributed by atoms with Crippen molar-refractivity contribution in [3.05, 3.63) is 12.7 Å². The molecule has 0 aromatic rings. The number of piperidine rings is 1. The number of amides is 1. The zero-order valence-electron chi connectivity index (χ0n) is 12.6. The lowest BCUT2D eigenvalue weighted by Gasteiger charge is -2.37. The number of hydrogen-bond donors (Lipinski definition) is 1. The molecule has 1 amide bonds. The molecule has 0 aromatic carbocycles. The van der Waals surface area contributed by atoms with Gasteiger partial charge in [-0.1, -0.05) is 31.8 Å². The summed E-state index contributed by atoms with van der Waals surface area (Å²) in [5, 5.41) is 9.28. The summed E-state index contributed by atoms with van der Waals surface area (Å²) in [5.74, 6) is 0.521. The Morgan fingerprint density at radius 2 is 2.00 bits per heavy atom. The predicted octanol–water partition coefficient (Wildman–Crippen LogP) is 2.35. The number of rotatable bonds is 3. The molecule has 0 spiro atoms. The van der Waals surface area contributed by atoms with E-state index in [1.807, 2.05) is 6.08 Å². The lowest BCUT2D eigenvalue weighted by atomic mass is 9.73. The van der Waals surface area contributed by atoms with Gasteiger partial charge in [-0.3, -0.25) is 4.79 Å². The zero-order chi connectivity index (χ0) is 15.0. The minimum absolute atomic E-state index is 0.0200. The Balaban J connectivity index is 1.79. The molecule has 2 saturated carbocycles. The minimum Gasteiger partial charge on any atom is -0.322 e. The van der Waals surface area contributed by atoms with Gasteiger partial charge in [0.1, 0.15) is 6.04 Å². The Labute approximate surface area is 127 Å². The van der Waals surface area contributed by atoms with Crippen molar-refractivity contribution in [1.29, 1.82) is 5.26 Å². The van der Waals surface area contributed by atoms with Crippen molar-refractivity contribution < 1.29 is 4.79 Å². The fraction of sp³-hybridized carbons (Fsp3) is 0.765. The summed E-state index contributed by atoms with van der Waals surface area (Å²) >= 11 is 0. The van der Waals surface area contributed by atoms with E-state index in [1.165, 1.54) is 12.8 Å². The molecule has 0 aromatic heterocycles. The summed E-state index contributed by atoms with van der Waals surface area (Å²) in [5.41, 5.74) is 6.14. The maximum Gasteiger partial charge on any atom is 0.241 e. The van der Waals surface area contributed by atoms with Gasteiger partial charge < -0.3 is 10.6 Å². The molecule has 2 N–H and O–H groups in total. The van der Waals surface area contributed by atoms with E-state index in [-0.39, 0.29) is 23.4 Å². The maximum atomic E-state index is 12.9. The van der Waals surface area contributed by atoms with Gasteiger partial charge in [0.15, 0.2) is 0 Å². The Morgan fingerprint density at radius 1 is 1.33 bits per heavy atom. The van der Waals surface area contributed by atoms with Crippen LogP contribution in [0.5, 0.6) is 0 Å². The molecule has 0 unspecified atom stereocenters. The Bertz CT molecular complexity index is 473. The number of nitriles is 1. The molecule has 3 rings (SSSR count). The molecule has 0 radical (unpaired) electrons. The highest BCUT2D eigenvalue weighted by Crippen LogP contribution is 2.49. The second-order valence-corrected chi connectivity index (χ2v) is 7.02. The lowest BCUT2D eigenvalue weighted by molar-refractivity contribution is -0.136. The average molecular weight is 287 g/mol. The molecule has 2 aliphatic carbocycles. The minimum atomic E-state index is -0.539. The first-order valence-corrected chi connectivity index (χ1v) is 8.24. The van der Waals surface area contributed by atoms with Gasteiger partial charge in [-0.15, -0.1) is 6.58 Å². The van der Waals surface area contributed by atoms with E-state index >= 15 is 0 Å². The third kappa shape index (κ3) is 2.38. The van der Waals surface area contributed by atoms with E-state index in [2.05, 4.69) is 12.6 Å². The molecule has 4 nitrogen and oxygen atoms in total. The molecule has 4 heteroatoms. The van der Waals surface area contributed by atoms with Gasteiger partial charge in [-0.05, 0) is 31.6 Å². The SMILES string of the molecule is C=CC1([C@H](N)C(=O)N2[C@H](C#N)C[C@@H]3C[C@@H]32)CCCCCC1. The quantitative estimate of drug-likeness (QED) is 0.640. The number of carbonyl (C=O) groups is 1. The predicted molar refractivity (Wildman–Crippen MR) is 81.1 cm³/mol. The number of carbonyl (C=O) groups excluding carboxylic acids is 1. The monoisotopic (exact) mass is 287 g/mol. The van der Waals surface area contributed by atoms with Gasteiger partial charge in [0.2, 0.25) is 5.91 Å². The topological polar surface area (TPSA) is 70.1 Å². The van der Waals surface area contributed by atoms with Crippen LogP contribution in [-0.4, -0.2) is 28.9 Å². The van der Waals surface area contributed by atoms with Gasteiger partial charge in [0.25, 0.3) is 0 Å². The summed E-state index contributed by atoms with van der Waals surface area (Å²) in [6, 6.07) is 1.76. The summed E-state index contributed by atoms with van der Waals surface area (Å²) in [4.78, 5) is 14.7. The van der Waals surface area contributed by atoms with Gasteiger partial charge in [0, 0.05) is 11.5 Å². The van der Waals surface area contributed by atoms with Crippen molar-refractivity contribution >= 4 is 5.91 Å². The summed E-state index contributed by atoms with van der Waals surface area (Å²) in [6.07, 6.45) is 10.4. The van der Waals surface area contributed by atoms with Crippen molar-refractivity contribution in [3.8, 4) is 6.07 Å². The first kappa shape index (κ1) is 14.6. The summed E-state index contributed by atoms with van der Waals surface area (Å²) in [6.45, 7) is 3.98. The molecular formula is C17H25N3O. The van der Waals surface area contributed by atoms with Crippen molar-refractivity contribution in [3.63, 3.8) is 0 Å². The number of fused-ring (bicyclic) bond motifs is 1. The lowest BCUT2D eigenvalue weighted by Crippen LogP contribution is -2.54. The number of nitrogens with two attached hydrogens (primary N) is 1. The number of likely N-dealkylation sites (tertiary alicyclic amines) is 1. The normalized spacial score (nSPS) is 35.2. The molecule has 1 saturated heterocycles. The first-order valence-electron chi connectivity index (χ1n) is 8.24. The van der Waals surface area contributed by atoms with E-state index in [0.29, 0.717) is 5.92 Å². The highest BCUT2D eigenvalue weighted by Gasteiger charge is 2.56. The van der Waals surface area contributed by atoms with Crippen LogP contribution in [0.4, 0.5) is 0 Å². The van der Waals surface area contributed by atoms with E-state index in [1.54, 1.807) is 4.90 Å². The third-order valence-electron chi connectivity index (χ3n) is 5.83. The molecule has 3 fully saturated rings. The van der Waals surface area contributed by atoms with Crippen molar-refractivity contribution in [2.24, 2.45) is 17.1 Å². The summed E-state index contributed by atoms with van der Waals surface area (Å²) in [7, 11) is 0. The van der Waals surface area contributed by atoms with Crippen LogP contribution < -0.4 is 5.73 Å². The van der Waals surface area contributed by atoms with Gasteiger partial charge in [-0.25, -0.2) is 0 Å². The zero-order valence-corrected chi connectivity index (χ0v) is 12.6. The number of nitrogens with zero attached hydrogens (tertiary/aromatic N) is 2. The third-order valence-corrected chi connectivity index (χ3v) is 5.83. The average Bonchev–Trinajstić information content (AvgIpc) is 3.24. The second kappa shape index (κ2) is 5.46. The van der Waals surface area contributed by atoms with Gasteiger partial charge in [0.05, 0.1) is 12.1 Å². The molecule has 0 bridgehead atoms. The van der Waals surface area contributed by atoms with Crippen molar-refractivity contribution in [1.82, 2.24) is 4.90 Å². The first-order chi connectivity index (χ1) is 10.1. The van der Waals surface area contributed by atoms with Crippen LogP contribution in [0.2, 0.25) is 0 Å². The molecule has 21 heavy (non-hydrogen) atoms. The fourth-order valence-corrected chi connectivity index (χ4v) is 4.32. The highest BCUT2D eigenvalue weighted by molar-refractivity contribution is 5.84. The Kier molecular flexibility index (Phi) is 3.79. The van der Waals surface area contributed by atoms with E-state index in [9.17, 15) is 10.1 Å². The largest absolute Gasteiger partial charge is 0.322 e. The number of hydrogen-bond acceptors (Lipinski definition) is 3. The molecule has 1 heterocycles. The molecule has 1 aliphatic heterocycles. The fourth-order valence-electron chi connectivity index (χ4n) is 4.32. The second-order valence-electron chi connectivity index (χ2n) is 7.02. The Hall–Kier alpha value is -1.34. The van der Waals surface area contributed by atoms with Crippen LogP contribution in [0.15, 0.2) is 12.7 Å². The van der Waals surface area contributed by atoms with Crippen LogP contribution in [0.1, 0.15) is 51.4 Å². The van der Waals surface area contributed by atoms with E-state index in [0.717, 1.165) is 38.5 Å². The molecule has 3 aliphatic rings. The standard InChI is InChI=1S/C17H25N3O/c1-2-17(7-5-3-4-6-8-17)15(19)16(21)20-13(11-18)9-12-10-14(12)20/h2,12-15H,1,3-10,19H2/t12-,13+,14+,15-/m1/s1. The molecule has 4 atom stereocenters. The van der Waals surface area contributed by atoms with Crippen LogP contribution in [0.25, 0.3) is 0 Å². The van der Waals surface area contributed by atoms with Crippen LogP contribution in [0, 0.1) is 22.7 Å². The van der Waals surface area contributed by atoms with Crippen molar-refractivity contribution in [2.45, 2.75) is 69.5 Å². The van der Waals surface area contributed by atoms with E-state index < -0.39 is 6.04 Å². The maximum absolute atomic E-state index is 12.9. The van der Waals surface area contributed by atoms with Gasteiger partial charge in [-0.2, -0.15) is 5.26 Å². The smallest absolute Gasteiger partial charge is 0.241 e.